The second-order valence-corrected chi connectivity index (χ2v) is 7.66. The Morgan fingerprint density at radius 2 is 1.59 bits per heavy atom. The van der Waals surface area contributed by atoms with Crippen molar-refractivity contribution < 1.29 is 22.7 Å². The smallest absolute Gasteiger partial charge is 0.240 e. The summed E-state index contributed by atoms with van der Waals surface area (Å²) in [4.78, 5) is 11.1. The molecule has 0 saturated carbocycles. The Kier molecular flexibility index (Phi) is 7.20. The van der Waals surface area contributed by atoms with E-state index in [0.29, 0.717) is 24.5 Å². The summed E-state index contributed by atoms with van der Waals surface area (Å²) in [6.07, 6.45) is 0.514. The van der Waals surface area contributed by atoms with Gasteiger partial charge >= 0.3 is 0 Å². The summed E-state index contributed by atoms with van der Waals surface area (Å²) in [5.74, 6) is 1.09. The van der Waals surface area contributed by atoms with Crippen LogP contribution in [0.15, 0.2) is 47.4 Å². The van der Waals surface area contributed by atoms with Crippen molar-refractivity contribution in [2.45, 2.75) is 24.8 Å². The summed E-state index contributed by atoms with van der Waals surface area (Å²) >= 11 is 0. The van der Waals surface area contributed by atoms with E-state index in [1.54, 1.807) is 32.4 Å². The standard InChI is InChI=1S/C19H24N2O5S/c1-14(22)20-13-16-4-7-17(8-5-16)27(23,24)21-11-10-15-6-9-18(25-2)19(12-15)26-3/h4-9,12,21H,10-11,13H2,1-3H3,(H,20,22). The van der Waals surface area contributed by atoms with Gasteiger partial charge in [0.25, 0.3) is 0 Å². The van der Waals surface area contributed by atoms with Gasteiger partial charge in [0.1, 0.15) is 0 Å². The van der Waals surface area contributed by atoms with E-state index in [0.717, 1.165) is 11.1 Å². The van der Waals surface area contributed by atoms with E-state index >= 15 is 0 Å². The van der Waals surface area contributed by atoms with Crippen molar-refractivity contribution in [3.63, 3.8) is 0 Å². The first-order chi connectivity index (χ1) is 12.9. The lowest BCUT2D eigenvalue weighted by atomic mass is 10.1. The maximum atomic E-state index is 12.4. The Morgan fingerprint density at radius 1 is 0.963 bits per heavy atom. The van der Waals surface area contributed by atoms with E-state index in [9.17, 15) is 13.2 Å². The number of benzene rings is 2. The number of hydrogen-bond donors (Lipinski definition) is 2. The summed E-state index contributed by atoms with van der Waals surface area (Å²) < 4.78 is 37.8. The highest BCUT2D eigenvalue weighted by Gasteiger charge is 2.13. The van der Waals surface area contributed by atoms with Gasteiger partial charge in [-0.1, -0.05) is 18.2 Å². The molecule has 0 heterocycles. The fourth-order valence-electron chi connectivity index (χ4n) is 2.46. The first-order valence-electron chi connectivity index (χ1n) is 8.39. The third-order valence-electron chi connectivity index (χ3n) is 3.93. The van der Waals surface area contributed by atoms with Gasteiger partial charge in [0.15, 0.2) is 11.5 Å². The zero-order valence-electron chi connectivity index (χ0n) is 15.6. The van der Waals surface area contributed by atoms with Crippen LogP contribution in [-0.2, 0) is 27.8 Å². The topological polar surface area (TPSA) is 93.7 Å². The molecule has 146 valence electrons. The van der Waals surface area contributed by atoms with E-state index in [1.807, 2.05) is 12.1 Å². The molecule has 0 fully saturated rings. The lowest BCUT2D eigenvalue weighted by Crippen LogP contribution is -2.26. The van der Waals surface area contributed by atoms with Gasteiger partial charge in [-0.2, -0.15) is 0 Å². The number of nitrogens with one attached hydrogen (secondary N) is 2. The second kappa shape index (κ2) is 9.38. The molecular weight excluding hydrogens is 368 g/mol. The molecule has 0 radical (unpaired) electrons. The molecule has 0 atom stereocenters. The van der Waals surface area contributed by atoms with Crippen LogP contribution < -0.4 is 19.5 Å². The first kappa shape index (κ1) is 20.7. The van der Waals surface area contributed by atoms with E-state index in [2.05, 4.69) is 10.0 Å². The van der Waals surface area contributed by atoms with Crippen molar-refractivity contribution in [1.29, 1.82) is 0 Å². The van der Waals surface area contributed by atoms with E-state index in [4.69, 9.17) is 9.47 Å². The zero-order valence-corrected chi connectivity index (χ0v) is 16.4. The Morgan fingerprint density at radius 3 is 2.19 bits per heavy atom. The molecule has 0 aliphatic carbocycles. The molecule has 2 aromatic carbocycles. The molecule has 0 aliphatic heterocycles. The van der Waals surface area contributed by atoms with Gasteiger partial charge in [0, 0.05) is 20.0 Å². The number of sulfonamides is 1. The predicted molar refractivity (Wildman–Crippen MR) is 102 cm³/mol. The average Bonchev–Trinajstić information content (AvgIpc) is 2.66. The molecule has 0 bridgehead atoms. The molecule has 2 rings (SSSR count). The fraction of sp³-hybridized carbons (Fsp3) is 0.316. The molecule has 27 heavy (non-hydrogen) atoms. The van der Waals surface area contributed by atoms with Crippen LogP contribution in [0.25, 0.3) is 0 Å². The van der Waals surface area contributed by atoms with Gasteiger partial charge < -0.3 is 14.8 Å². The number of amides is 1. The van der Waals surface area contributed by atoms with Crippen LogP contribution in [0.1, 0.15) is 18.1 Å². The number of hydrogen-bond acceptors (Lipinski definition) is 5. The highest BCUT2D eigenvalue weighted by atomic mass is 32.2. The Labute approximate surface area is 159 Å². The molecule has 0 aliphatic rings. The summed E-state index contributed by atoms with van der Waals surface area (Å²) in [7, 11) is -0.482. The van der Waals surface area contributed by atoms with Crippen LogP contribution in [0.5, 0.6) is 11.5 Å². The third kappa shape index (κ3) is 5.97. The highest BCUT2D eigenvalue weighted by Crippen LogP contribution is 2.27. The molecule has 8 heteroatoms. The van der Waals surface area contributed by atoms with Crippen molar-refractivity contribution >= 4 is 15.9 Å². The van der Waals surface area contributed by atoms with Crippen LogP contribution in [0.3, 0.4) is 0 Å². The molecule has 0 saturated heterocycles. The maximum Gasteiger partial charge on any atom is 0.240 e. The summed E-state index contributed by atoms with van der Waals surface area (Å²) in [5, 5.41) is 2.67. The highest BCUT2D eigenvalue weighted by molar-refractivity contribution is 7.89. The Hall–Kier alpha value is -2.58. The van der Waals surface area contributed by atoms with Gasteiger partial charge in [-0.15, -0.1) is 0 Å². The minimum atomic E-state index is -3.60. The molecule has 0 unspecified atom stereocenters. The van der Waals surface area contributed by atoms with Gasteiger partial charge in [0.2, 0.25) is 15.9 Å². The summed E-state index contributed by atoms with van der Waals surface area (Å²) in [5.41, 5.74) is 1.76. The van der Waals surface area contributed by atoms with Crippen LogP contribution in [0.4, 0.5) is 0 Å². The normalized spacial score (nSPS) is 11.1. The van der Waals surface area contributed by atoms with Crippen LogP contribution >= 0.6 is 0 Å². The largest absolute Gasteiger partial charge is 0.493 e. The summed E-state index contributed by atoms with van der Waals surface area (Å²) in [6, 6.07) is 11.9. The van der Waals surface area contributed by atoms with E-state index in [-0.39, 0.29) is 17.3 Å². The lowest BCUT2D eigenvalue weighted by Gasteiger charge is -2.11. The predicted octanol–water partition coefficient (Wildman–Crippen LogP) is 1.86. The van der Waals surface area contributed by atoms with Crippen molar-refractivity contribution in [2.24, 2.45) is 0 Å². The quantitative estimate of drug-likeness (QED) is 0.679. The Balaban J connectivity index is 1.95. The molecule has 1 amide bonds. The lowest BCUT2D eigenvalue weighted by molar-refractivity contribution is -0.119. The van der Waals surface area contributed by atoms with E-state index < -0.39 is 10.0 Å². The number of carbonyl (C=O) groups excluding carboxylic acids is 1. The van der Waals surface area contributed by atoms with Crippen molar-refractivity contribution in [2.75, 3.05) is 20.8 Å². The molecule has 2 aromatic rings. The van der Waals surface area contributed by atoms with Crippen LogP contribution in [0.2, 0.25) is 0 Å². The van der Waals surface area contributed by atoms with Crippen molar-refractivity contribution in [1.82, 2.24) is 10.0 Å². The molecule has 0 aromatic heterocycles. The monoisotopic (exact) mass is 392 g/mol. The minimum Gasteiger partial charge on any atom is -0.493 e. The zero-order chi connectivity index (χ0) is 19.9. The van der Waals surface area contributed by atoms with Gasteiger partial charge in [-0.05, 0) is 41.8 Å². The molecule has 2 N–H and O–H groups in total. The summed E-state index contributed by atoms with van der Waals surface area (Å²) in [6.45, 7) is 2.05. The van der Waals surface area contributed by atoms with E-state index in [1.165, 1.54) is 19.1 Å². The molecular formula is C19H24N2O5S. The van der Waals surface area contributed by atoms with Gasteiger partial charge in [0.05, 0.1) is 19.1 Å². The maximum absolute atomic E-state index is 12.4. The SMILES string of the molecule is COc1ccc(CCNS(=O)(=O)c2ccc(CNC(C)=O)cc2)cc1OC. The first-order valence-corrected chi connectivity index (χ1v) is 9.88. The van der Waals surface area contributed by atoms with Crippen LogP contribution in [0, 0.1) is 0 Å². The number of ether oxygens (including phenoxy) is 2. The van der Waals surface area contributed by atoms with Gasteiger partial charge in [-0.3, -0.25) is 4.79 Å². The molecule has 7 nitrogen and oxygen atoms in total. The molecule has 0 spiro atoms. The average molecular weight is 392 g/mol. The minimum absolute atomic E-state index is 0.136. The van der Waals surface area contributed by atoms with Crippen molar-refractivity contribution in [3.8, 4) is 11.5 Å². The fourth-order valence-corrected chi connectivity index (χ4v) is 3.49. The van der Waals surface area contributed by atoms with Crippen molar-refractivity contribution in [3.05, 3.63) is 53.6 Å². The number of methoxy groups -OCH3 is 2. The third-order valence-corrected chi connectivity index (χ3v) is 5.41. The number of carbonyl (C=O) groups is 1. The van der Waals surface area contributed by atoms with Crippen LogP contribution in [-0.4, -0.2) is 35.1 Å². The Bertz CT molecular complexity index is 879. The van der Waals surface area contributed by atoms with Gasteiger partial charge in [-0.25, -0.2) is 13.1 Å². The second-order valence-electron chi connectivity index (χ2n) is 5.89. The number of rotatable bonds is 9.